The lowest BCUT2D eigenvalue weighted by Gasteiger charge is -1.96. The predicted molar refractivity (Wildman–Crippen MR) is 55.6 cm³/mol. The lowest BCUT2D eigenvalue weighted by Crippen LogP contribution is -1.94. The van der Waals surface area contributed by atoms with Crippen molar-refractivity contribution in [3.05, 3.63) is 35.6 Å². The van der Waals surface area contributed by atoms with E-state index in [1.54, 1.807) is 0 Å². The Balaban J connectivity index is 2.55. The van der Waals surface area contributed by atoms with Gasteiger partial charge in [0, 0.05) is 17.4 Å². The van der Waals surface area contributed by atoms with Crippen molar-refractivity contribution < 1.29 is 9.21 Å². The number of furan rings is 1. The van der Waals surface area contributed by atoms with Gasteiger partial charge < -0.3 is 4.42 Å². The number of aryl methyl sites for hydroxylation is 1. The third-order valence-electron chi connectivity index (χ3n) is 2.28. The Morgan fingerprint density at radius 1 is 1.36 bits per heavy atom. The summed E-state index contributed by atoms with van der Waals surface area (Å²) in [5.41, 5.74) is 1.61. The third-order valence-corrected chi connectivity index (χ3v) is 2.28. The SMILES string of the molecule is CCC(=O)c1ccc2oc(C)cc2c1. The number of ketones is 1. The minimum Gasteiger partial charge on any atom is -0.461 e. The number of carbonyl (C=O) groups excluding carboxylic acids is 1. The summed E-state index contributed by atoms with van der Waals surface area (Å²) in [4.78, 5) is 11.4. The Kier molecular flexibility index (Phi) is 2.12. The van der Waals surface area contributed by atoms with Crippen LogP contribution in [0.15, 0.2) is 28.7 Å². The maximum Gasteiger partial charge on any atom is 0.162 e. The Bertz CT molecular complexity index is 480. The molecule has 2 rings (SSSR count). The average Bonchev–Trinajstić information content (AvgIpc) is 2.55. The van der Waals surface area contributed by atoms with Crippen molar-refractivity contribution in [2.24, 2.45) is 0 Å². The average molecular weight is 188 g/mol. The highest BCUT2D eigenvalue weighted by molar-refractivity contribution is 5.99. The molecule has 0 unspecified atom stereocenters. The second kappa shape index (κ2) is 3.29. The minimum atomic E-state index is 0.172. The summed E-state index contributed by atoms with van der Waals surface area (Å²) < 4.78 is 5.42. The Morgan fingerprint density at radius 3 is 2.86 bits per heavy atom. The summed E-state index contributed by atoms with van der Waals surface area (Å²) in [6.07, 6.45) is 0.544. The van der Waals surface area contributed by atoms with Gasteiger partial charge in [-0.1, -0.05) is 6.92 Å². The molecule has 1 aromatic heterocycles. The van der Waals surface area contributed by atoms with E-state index in [0.717, 1.165) is 22.3 Å². The molecule has 0 saturated heterocycles. The van der Waals surface area contributed by atoms with Crippen LogP contribution in [0.3, 0.4) is 0 Å². The molecule has 0 aliphatic heterocycles. The van der Waals surface area contributed by atoms with Crippen molar-refractivity contribution in [1.82, 2.24) is 0 Å². The van der Waals surface area contributed by atoms with Crippen molar-refractivity contribution in [3.63, 3.8) is 0 Å². The maximum atomic E-state index is 11.4. The number of benzene rings is 1. The minimum absolute atomic E-state index is 0.172. The first-order valence-corrected chi connectivity index (χ1v) is 4.74. The Labute approximate surface area is 82.5 Å². The lowest BCUT2D eigenvalue weighted by atomic mass is 10.1. The molecule has 0 N–H and O–H groups in total. The van der Waals surface area contributed by atoms with E-state index in [-0.39, 0.29) is 5.78 Å². The molecule has 2 heteroatoms. The predicted octanol–water partition coefficient (Wildman–Crippen LogP) is 3.33. The van der Waals surface area contributed by atoms with Gasteiger partial charge in [-0.2, -0.15) is 0 Å². The standard InChI is InChI=1S/C12H12O2/c1-3-11(13)9-4-5-12-10(7-9)6-8(2)14-12/h4-7H,3H2,1-2H3. The molecule has 0 saturated carbocycles. The second-order valence-corrected chi connectivity index (χ2v) is 3.39. The number of hydrogen-bond acceptors (Lipinski definition) is 2. The zero-order valence-corrected chi connectivity index (χ0v) is 8.33. The molecule has 0 fully saturated rings. The van der Waals surface area contributed by atoms with Crippen molar-refractivity contribution in [2.75, 3.05) is 0 Å². The van der Waals surface area contributed by atoms with E-state index < -0.39 is 0 Å². The van der Waals surface area contributed by atoms with Crippen LogP contribution in [0.4, 0.5) is 0 Å². The largest absolute Gasteiger partial charge is 0.461 e. The van der Waals surface area contributed by atoms with E-state index >= 15 is 0 Å². The fourth-order valence-corrected chi connectivity index (χ4v) is 1.55. The van der Waals surface area contributed by atoms with Gasteiger partial charge in [-0.25, -0.2) is 0 Å². The van der Waals surface area contributed by atoms with Crippen LogP contribution >= 0.6 is 0 Å². The molecule has 72 valence electrons. The third kappa shape index (κ3) is 1.43. The Hall–Kier alpha value is -1.57. The molecule has 0 bridgehead atoms. The van der Waals surface area contributed by atoms with Crippen molar-refractivity contribution >= 4 is 16.8 Å². The van der Waals surface area contributed by atoms with Gasteiger partial charge in [-0.05, 0) is 31.2 Å². The summed E-state index contributed by atoms with van der Waals surface area (Å²) in [6, 6.07) is 7.50. The number of carbonyl (C=O) groups is 1. The highest BCUT2D eigenvalue weighted by Crippen LogP contribution is 2.20. The summed E-state index contributed by atoms with van der Waals surface area (Å²) in [5, 5.41) is 1.00. The van der Waals surface area contributed by atoms with E-state index in [1.165, 1.54) is 0 Å². The van der Waals surface area contributed by atoms with E-state index in [0.29, 0.717) is 6.42 Å². The van der Waals surface area contributed by atoms with Crippen LogP contribution in [0.2, 0.25) is 0 Å². The van der Waals surface area contributed by atoms with Crippen LogP contribution in [-0.4, -0.2) is 5.78 Å². The van der Waals surface area contributed by atoms with Gasteiger partial charge in [-0.3, -0.25) is 4.79 Å². The number of Topliss-reactive ketones (excluding diaryl/α,β-unsaturated/α-hetero) is 1. The van der Waals surface area contributed by atoms with Gasteiger partial charge in [0.1, 0.15) is 11.3 Å². The summed E-state index contributed by atoms with van der Waals surface area (Å²) >= 11 is 0. The normalized spacial score (nSPS) is 10.7. The fourth-order valence-electron chi connectivity index (χ4n) is 1.55. The molecule has 0 atom stereocenters. The number of fused-ring (bicyclic) bond motifs is 1. The molecular formula is C12H12O2. The van der Waals surface area contributed by atoms with Crippen LogP contribution in [0.5, 0.6) is 0 Å². The quantitative estimate of drug-likeness (QED) is 0.676. The van der Waals surface area contributed by atoms with Crippen LogP contribution in [0.25, 0.3) is 11.0 Å². The summed E-state index contributed by atoms with van der Waals surface area (Å²) in [7, 11) is 0. The monoisotopic (exact) mass is 188 g/mol. The van der Waals surface area contributed by atoms with Gasteiger partial charge in [-0.15, -0.1) is 0 Å². The molecule has 0 aliphatic rings. The smallest absolute Gasteiger partial charge is 0.162 e. The Morgan fingerprint density at radius 2 is 2.14 bits per heavy atom. The zero-order valence-electron chi connectivity index (χ0n) is 8.33. The van der Waals surface area contributed by atoms with Gasteiger partial charge >= 0.3 is 0 Å². The number of rotatable bonds is 2. The van der Waals surface area contributed by atoms with Crippen molar-refractivity contribution in [2.45, 2.75) is 20.3 Å². The van der Waals surface area contributed by atoms with Gasteiger partial charge in [0.15, 0.2) is 5.78 Å². The molecule has 0 amide bonds. The molecule has 2 nitrogen and oxygen atoms in total. The van der Waals surface area contributed by atoms with Gasteiger partial charge in [0.25, 0.3) is 0 Å². The first-order chi connectivity index (χ1) is 6.70. The van der Waals surface area contributed by atoms with Crippen LogP contribution in [0, 0.1) is 6.92 Å². The molecule has 14 heavy (non-hydrogen) atoms. The first-order valence-electron chi connectivity index (χ1n) is 4.74. The zero-order chi connectivity index (χ0) is 10.1. The molecule has 0 spiro atoms. The van der Waals surface area contributed by atoms with Gasteiger partial charge in [0.05, 0.1) is 0 Å². The topological polar surface area (TPSA) is 30.2 Å². The second-order valence-electron chi connectivity index (χ2n) is 3.39. The van der Waals surface area contributed by atoms with Crippen LogP contribution < -0.4 is 0 Å². The van der Waals surface area contributed by atoms with Crippen molar-refractivity contribution in [1.29, 1.82) is 0 Å². The summed E-state index contributed by atoms with van der Waals surface area (Å²) in [6.45, 7) is 3.77. The van der Waals surface area contributed by atoms with E-state index in [4.69, 9.17) is 4.42 Å². The van der Waals surface area contributed by atoms with E-state index in [9.17, 15) is 4.79 Å². The highest BCUT2D eigenvalue weighted by atomic mass is 16.3. The van der Waals surface area contributed by atoms with Gasteiger partial charge in [0.2, 0.25) is 0 Å². The molecular weight excluding hydrogens is 176 g/mol. The highest BCUT2D eigenvalue weighted by Gasteiger charge is 2.05. The molecule has 2 aromatic rings. The van der Waals surface area contributed by atoms with Crippen LogP contribution in [-0.2, 0) is 0 Å². The summed E-state index contributed by atoms with van der Waals surface area (Å²) in [5.74, 6) is 1.05. The first kappa shape index (κ1) is 9.00. The van der Waals surface area contributed by atoms with Crippen molar-refractivity contribution in [3.8, 4) is 0 Å². The molecule has 0 radical (unpaired) electrons. The maximum absolute atomic E-state index is 11.4. The van der Waals surface area contributed by atoms with E-state index in [1.807, 2.05) is 38.1 Å². The number of hydrogen-bond donors (Lipinski definition) is 0. The lowest BCUT2D eigenvalue weighted by molar-refractivity contribution is 0.0988. The van der Waals surface area contributed by atoms with E-state index in [2.05, 4.69) is 0 Å². The molecule has 0 aliphatic carbocycles. The molecule has 1 aromatic carbocycles. The fraction of sp³-hybridized carbons (Fsp3) is 0.250. The van der Waals surface area contributed by atoms with Crippen LogP contribution in [0.1, 0.15) is 29.5 Å². The molecule has 1 heterocycles.